The normalized spacial score (nSPS) is 23.4. The Morgan fingerprint density at radius 2 is 1.64 bits per heavy atom. The summed E-state index contributed by atoms with van der Waals surface area (Å²) >= 11 is 0. The van der Waals surface area contributed by atoms with Crippen molar-refractivity contribution in [2.75, 3.05) is 0 Å². The first kappa shape index (κ1) is 23.1. The maximum atomic E-state index is 7.08. The van der Waals surface area contributed by atoms with E-state index in [1.54, 1.807) is 0 Å². The van der Waals surface area contributed by atoms with Gasteiger partial charge in [-0.2, -0.15) is 0 Å². The molecule has 0 aliphatic heterocycles. The van der Waals surface area contributed by atoms with Crippen LogP contribution in [0.2, 0.25) is 16.6 Å². The third-order valence-electron chi connectivity index (χ3n) is 6.37. The lowest BCUT2D eigenvalue weighted by Gasteiger charge is -2.47. The van der Waals surface area contributed by atoms with Crippen LogP contribution in [0.15, 0.2) is 54.6 Å². The van der Waals surface area contributed by atoms with Crippen molar-refractivity contribution in [3.63, 3.8) is 0 Å². The van der Waals surface area contributed by atoms with Crippen LogP contribution in [0, 0.1) is 0 Å². The summed E-state index contributed by atoms with van der Waals surface area (Å²) in [4.78, 5) is 0. The van der Waals surface area contributed by atoms with Crippen LogP contribution in [0.1, 0.15) is 66.9 Å². The molecule has 1 aliphatic rings. The Kier molecular flexibility index (Phi) is 7.89. The molecule has 2 atom stereocenters. The fourth-order valence-electron chi connectivity index (χ4n) is 5.11. The van der Waals surface area contributed by atoms with Crippen LogP contribution in [0.5, 0.6) is 0 Å². The highest BCUT2D eigenvalue weighted by molar-refractivity contribution is 6.77. The van der Waals surface area contributed by atoms with Gasteiger partial charge in [0.05, 0.1) is 18.3 Å². The molecule has 0 unspecified atom stereocenters. The summed E-state index contributed by atoms with van der Waals surface area (Å²) in [5, 5.41) is 0. The molecule has 2 rings (SSSR count). The van der Waals surface area contributed by atoms with Gasteiger partial charge in [0.2, 0.25) is 8.32 Å². The second-order valence-electron chi connectivity index (χ2n) is 9.52. The summed E-state index contributed by atoms with van der Waals surface area (Å²) in [6, 6.07) is 10.4. The largest absolute Gasteiger partial charge is 0.410 e. The van der Waals surface area contributed by atoms with E-state index in [1.807, 2.05) is 12.1 Å². The second kappa shape index (κ2) is 9.56. The lowest BCUT2D eigenvalue weighted by Crippen LogP contribution is -2.51. The summed E-state index contributed by atoms with van der Waals surface area (Å²) < 4.78 is 13.5. The molecule has 28 heavy (non-hydrogen) atoms. The number of allylic oxidation sites excluding steroid dienone is 1. The van der Waals surface area contributed by atoms with E-state index in [4.69, 9.17) is 9.16 Å². The van der Waals surface area contributed by atoms with Gasteiger partial charge in [0.1, 0.15) is 0 Å². The smallest absolute Gasteiger partial charge is 0.201 e. The molecule has 0 spiro atoms. The predicted octanol–water partition coefficient (Wildman–Crippen LogP) is 7.43. The highest BCUT2D eigenvalue weighted by Crippen LogP contribution is 2.45. The third kappa shape index (κ3) is 5.25. The Balaban J connectivity index is 2.22. The zero-order chi connectivity index (χ0) is 20.9. The quantitative estimate of drug-likeness (QED) is 0.401. The van der Waals surface area contributed by atoms with Gasteiger partial charge >= 0.3 is 0 Å². The molecule has 0 fully saturated rings. The Morgan fingerprint density at radius 3 is 2.14 bits per heavy atom. The SMILES string of the molecule is C=CC1=C[C@H](O[Si](C(C)C)(C(C)C)C(C)C)C[C@](C)(OCc2ccccc2)C1. The highest BCUT2D eigenvalue weighted by atomic mass is 28.4. The Morgan fingerprint density at radius 1 is 1.07 bits per heavy atom. The van der Waals surface area contributed by atoms with Crippen LogP contribution in [0.4, 0.5) is 0 Å². The second-order valence-corrected chi connectivity index (χ2v) is 14.9. The van der Waals surface area contributed by atoms with E-state index in [-0.39, 0.29) is 11.7 Å². The molecular weight excluding hydrogens is 360 g/mol. The molecule has 1 aromatic rings. The lowest BCUT2D eigenvalue weighted by molar-refractivity contribution is -0.0681. The summed E-state index contributed by atoms with van der Waals surface area (Å²) in [7, 11) is -1.94. The fourth-order valence-corrected chi connectivity index (χ4v) is 10.6. The Bertz CT molecular complexity index is 641. The van der Waals surface area contributed by atoms with Gasteiger partial charge in [0, 0.05) is 12.8 Å². The summed E-state index contributed by atoms with van der Waals surface area (Å²) in [5.41, 5.74) is 3.95. The molecule has 3 heteroatoms. The number of hydrogen-bond acceptors (Lipinski definition) is 2. The van der Waals surface area contributed by atoms with Gasteiger partial charge in [0.25, 0.3) is 0 Å². The average molecular weight is 401 g/mol. The third-order valence-corrected chi connectivity index (χ3v) is 12.5. The monoisotopic (exact) mass is 400 g/mol. The minimum atomic E-state index is -1.94. The van der Waals surface area contributed by atoms with E-state index in [0.717, 1.165) is 12.8 Å². The van der Waals surface area contributed by atoms with Gasteiger partial charge in [0.15, 0.2) is 0 Å². The first-order valence-electron chi connectivity index (χ1n) is 10.8. The van der Waals surface area contributed by atoms with Crippen molar-refractivity contribution in [2.45, 2.75) is 96.2 Å². The minimum absolute atomic E-state index is 0.0985. The van der Waals surface area contributed by atoms with E-state index in [0.29, 0.717) is 23.2 Å². The zero-order valence-corrected chi connectivity index (χ0v) is 20.0. The van der Waals surface area contributed by atoms with Crippen LogP contribution in [-0.4, -0.2) is 20.0 Å². The molecule has 0 saturated heterocycles. The van der Waals surface area contributed by atoms with Crippen molar-refractivity contribution < 1.29 is 9.16 Å². The zero-order valence-electron chi connectivity index (χ0n) is 19.0. The van der Waals surface area contributed by atoms with Gasteiger partial charge in [-0.25, -0.2) is 0 Å². The van der Waals surface area contributed by atoms with Crippen molar-refractivity contribution in [2.24, 2.45) is 0 Å². The molecule has 0 heterocycles. The maximum Gasteiger partial charge on any atom is 0.201 e. The lowest BCUT2D eigenvalue weighted by atomic mass is 9.84. The van der Waals surface area contributed by atoms with Gasteiger partial charge in [-0.1, -0.05) is 90.6 Å². The number of hydrogen-bond donors (Lipinski definition) is 0. The molecule has 1 aromatic carbocycles. The highest BCUT2D eigenvalue weighted by Gasteiger charge is 2.47. The molecule has 0 radical (unpaired) electrons. The first-order chi connectivity index (χ1) is 13.1. The van der Waals surface area contributed by atoms with Gasteiger partial charge in [-0.05, 0) is 34.7 Å². The average Bonchev–Trinajstić information content (AvgIpc) is 2.64. The van der Waals surface area contributed by atoms with E-state index >= 15 is 0 Å². The fraction of sp³-hybridized carbons (Fsp3) is 0.600. The van der Waals surface area contributed by atoms with Crippen LogP contribution in [0.25, 0.3) is 0 Å². The standard InChI is InChI=1S/C25H40O2Si/c1-9-22-15-24(27-28(19(2)3,20(4)5)21(6)7)17-25(8,16-22)26-18-23-13-11-10-12-14-23/h9-15,19-21,24H,1,16-18H2,2-8H3/t24-,25+/m0/s1. The molecule has 2 nitrogen and oxygen atoms in total. The minimum Gasteiger partial charge on any atom is -0.410 e. The summed E-state index contributed by atoms with van der Waals surface area (Å²) in [6.45, 7) is 21.0. The molecule has 156 valence electrons. The van der Waals surface area contributed by atoms with Crippen molar-refractivity contribution >= 4 is 8.32 Å². The van der Waals surface area contributed by atoms with Crippen molar-refractivity contribution in [1.82, 2.24) is 0 Å². The number of ether oxygens (including phenoxy) is 1. The van der Waals surface area contributed by atoms with Crippen LogP contribution >= 0.6 is 0 Å². The van der Waals surface area contributed by atoms with Crippen LogP contribution < -0.4 is 0 Å². The number of benzene rings is 1. The molecule has 0 saturated carbocycles. The maximum absolute atomic E-state index is 7.08. The molecule has 0 amide bonds. The molecule has 0 aromatic heterocycles. The molecule has 0 bridgehead atoms. The van der Waals surface area contributed by atoms with E-state index in [2.05, 4.69) is 85.4 Å². The Labute approximate surface area is 174 Å². The van der Waals surface area contributed by atoms with Crippen molar-refractivity contribution in [3.8, 4) is 0 Å². The topological polar surface area (TPSA) is 18.5 Å². The number of rotatable bonds is 9. The molecular formula is C25H40O2Si. The van der Waals surface area contributed by atoms with Crippen LogP contribution in [-0.2, 0) is 15.8 Å². The van der Waals surface area contributed by atoms with E-state index < -0.39 is 8.32 Å². The van der Waals surface area contributed by atoms with E-state index in [9.17, 15) is 0 Å². The van der Waals surface area contributed by atoms with E-state index in [1.165, 1.54) is 11.1 Å². The van der Waals surface area contributed by atoms with Crippen molar-refractivity contribution in [3.05, 3.63) is 60.2 Å². The van der Waals surface area contributed by atoms with Gasteiger partial charge in [-0.3, -0.25) is 0 Å². The summed E-state index contributed by atoms with van der Waals surface area (Å²) in [5.74, 6) is 0. The predicted molar refractivity (Wildman–Crippen MR) is 123 cm³/mol. The van der Waals surface area contributed by atoms with Gasteiger partial charge < -0.3 is 9.16 Å². The van der Waals surface area contributed by atoms with Crippen LogP contribution in [0.3, 0.4) is 0 Å². The molecule has 0 N–H and O–H groups in total. The Hall–Kier alpha value is -1.16. The summed E-state index contributed by atoms with van der Waals surface area (Å²) in [6.07, 6.45) is 6.17. The van der Waals surface area contributed by atoms with Gasteiger partial charge in [-0.15, -0.1) is 0 Å². The first-order valence-corrected chi connectivity index (χ1v) is 13.0. The molecule has 1 aliphatic carbocycles. The van der Waals surface area contributed by atoms with Crippen molar-refractivity contribution in [1.29, 1.82) is 0 Å².